The zero-order valence-corrected chi connectivity index (χ0v) is 25.2. The second-order valence-corrected chi connectivity index (χ2v) is 11.3. The minimum atomic E-state index is -0.417. The van der Waals surface area contributed by atoms with Gasteiger partial charge in [0.05, 0.1) is 0 Å². The number of aryl methyl sites for hydroxylation is 2. The van der Waals surface area contributed by atoms with Gasteiger partial charge in [-0.05, 0) is 34.0 Å². The van der Waals surface area contributed by atoms with Crippen molar-refractivity contribution in [2.75, 3.05) is 0 Å². The molecule has 5 heteroatoms. The van der Waals surface area contributed by atoms with Crippen LogP contribution in [0.4, 0.5) is 4.39 Å². The third-order valence-electron chi connectivity index (χ3n) is 5.90. The molecular formula is C32H35FIrNO2-. The first-order valence-electron chi connectivity index (χ1n) is 12.1. The van der Waals surface area contributed by atoms with Crippen LogP contribution < -0.4 is 0 Å². The normalized spacial score (nSPS) is 12.1. The molecule has 1 aromatic heterocycles. The van der Waals surface area contributed by atoms with Gasteiger partial charge in [0.2, 0.25) is 0 Å². The van der Waals surface area contributed by atoms with Crippen molar-refractivity contribution in [3.05, 3.63) is 89.6 Å². The van der Waals surface area contributed by atoms with Crippen molar-refractivity contribution in [1.82, 2.24) is 4.98 Å². The predicted molar refractivity (Wildman–Crippen MR) is 148 cm³/mol. The minimum Gasteiger partial charge on any atom is -0.512 e. The number of carbonyl (C=O) groups is 1. The zero-order valence-electron chi connectivity index (χ0n) is 22.8. The number of hydrogen-bond acceptors (Lipinski definition) is 3. The second-order valence-electron chi connectivity index (χ2n) is 11.3. The summed E-state index contributed by atoms with van der Waals surface area (Å²) in [7, 11) is 0. The monoisotopic (exact) mass is 677 g/mol. The van der Waals surface area contributed by atoms with E-state index in [0.717, 1.165) is 38.5 Å². The van der Waals surface area contributed by atoms with E-state index in [1.54, 1.807) is 18.3 Å². The average molecular weight is 677 g/mol. The van der Waals surface area contributed by atoms with E-state index in [1.165, 1.54) is 6.08 Å². The molecule has 3 nitrogen and oxygen atoms in total. The fraction of sp³-hybridized carbons (Fsp3) is 0.312. The number of rotatable bonds is 2. The molecule has 0 unspecified atom stereocenters. The van der Waals surface area contributed by atoms with Gasteiger partial charge in [-0.3, -0.25) is 4.79 Å². The standard InChI is InChI=1S/C21H15FN.C11H20O2.Ir/c1-13-9-14(2)11-16(10-13)21-20-17-6-4-3-5-15(17)12-19(22)18(20)7-8-23-21;1-10(2,3)8(12)7-9(13)11(4,5)6;/h3-10,12H,1-2H3;7,12H,1-6H3;/q-1;;. The van der Waals surface area contributed by atoms with Crippen LogP contribution in [0.15, 0.2) is 66.6 Å². The Morgan fingerprint density at radius 3 is 2.19 bits per heavy atom. The van der Waals surface area contributed by atoms with Gasteiger partial charge in [-0.1, -0.05) is 79.7 Å². The van der Waals surface area contributed by atoms with E-state index < -0.39 is 5.41 Å². The van der Waals surface area contributed by atoms with Gasteiger partial charge >= 0.3 is 0 Å². The van der Waals surface area contributed by atoms with Crippen molar-refractivity contribution in [2.45, 2.75) is 55.4 Å². The number of benzene rings is 3. The van der Waals surface area contributed by atoms with Gasteiger partial charge in [0.15, 0.2) is 5.78 Å². The maximum atomic E-state index is 14.5. The third-order valence-corrected chi connectivity index (χ3v) is 5.90. The summed E-state index contributed by atoms with van der Waals surface area (Å²) in [6.45, 7) is 15.2. The van der Waals surface area contributed by atoms with Crippen LogP contribution in [0, 0.1) is 36.6 Å². The molecule has 4 aromatic rings. The number of fused-ring (bicyclic) bond motifs is 3. The van der Waals surface area contributed by atoms with Gasteiger partial charge in [-0.25, -0.2) is 4.39 Å². The van der Waals surface area contributed by atoms with Crippen molar-refractivity contribution in [1.29, 1.82) is 0 Å². The quantitative estimate of drug-likeness (QED) is 0.100. The Morgan fingerprint density at radius 1 is 0.946 bits per heavy atom. The first kappa shape index (κ1) is 30.3. The smallest absolute Gasteiger partial charge is 0.164 e. The number of aromatic nitrogens is 1. The fourth-order valence-electron chi connectivity index (χ4n) is 3.78. The SMILES string of the molecule is CC(C)(C)C(=O)C=C(O)C(C)(C)C.Cc1[c-]c(-c2nccc3c(F)cc4ccccc4c23)cc(C)c1.[Ir]. The minimum absolute atomic E-state index is 0. The number of allylic oxidation sites excluding steroid dienone is 2. The van der Waals surface area contributed by atoms with E-state index in [1.807, 2.05) is 79.7 Å². The van der Waals surface area contributed by atoms with E-state index >= 15 is 0 Å². The van der Waals surface area contributed by atoms with E-state index in [2.05, 4.69) is 23.2 Å². The molecule has 0 saturated carbocycles. The van der Waals surface area contributed by atoms with Crippen LogP contribution in [-0.4, -0.2) is 15.9 Å². The van der Waals surface area contributed by atoms with E-state index in [4.69, 9.17) is 0 Å². The number of aliphatic hydroxyl groups is 1. The molecule has 0 aliphatic heterocycles. The summed E-state index contributed by atoms with van der Waals surface area (Å²) < 4.78 is 14.5. The number of pyridine rings is 1. The van der Waals surface area contributed by atoms with E-state index in [-0.39, 0.29) is 42.9 Å². The van der Waals surface area contributed by atoms with Gasteiger partial charge in [-0.2, -0.15) is 0 Å². The molecule has 37 heavy (non-hydrogen) atoms. The molecule has 3 aromatic carbocycles. The summed E-state index contributed by atoms with van der Waals surface area (Å²) in [6.07, 6.45) is 3.00. The Balaban J connectivity index is 0.000000299. The van der Waals surface area contributed by atoms with Crippen molar-refractivity contribution >= 4 is 27.3 Å². The zero-order chi connectivity index (χ0) is 26.8. The molecule has 0 amide bonds. The van der Waals surface area contributed by atoms with Crippen molar-refractivity contribution < 1.29 is 34.4 Å². The topological polar surface area (TPSA) is 50.2 Å². The Bertz CT molecular complexity index is 1440. The Hall–Kier alpha value is -2.88. The van der Waals surface area contributed by atoms with Crippen LogP contribution in [-0.2, 0) is 24.9 Å². The van der Waals surface area contributed by atoms with Crippen molar-refractivity contribution in [3.8, 4) is 11.3 Å². The molecule has 0 saturated heterocycles. The molecule has 0 fully saturated rings. The Morgan fingerprint density at radius 2 is 1.59 bits per heavy atom. The van der Waals surface area contributed by atoms with Crippen LogP contribution in [0.1, 0.15) is 52.7 Å². The summed E-state index contributed by atoms with van der Waals surface area (Å²) in [6, 6.07) is 18.7. The maximum absolute atomic E-state index is 14.5. The second kappa shape index (κ2) is 11.7. The predicted octanol–water partition coefficient (Wildman–Crippen LogP) is 8.70. The van der Waals surface area contributed by atoms with Crippen LogP contribution in [0.5, 0.6) is 0 Å². The number of carbonyl (C=O) groups excluding carboxylic acids is 1. The average Bonchev–Trinajstić information content (AvgIpc) is 2.77. The number of aliphatic hydroxyl groups excluding tert-OH is 1. The van der Waals surface area contributed by atoms with Crippen molar-refractivity contribution in [2.24, 2.45) is 10.8 Å². The van der Waals surface area contributed by atoms with Gasteiger partial charge in [0, 0.05) is 48.6 Å². The maximum Gasteiger partial charge on any atom is 0.164 e. The summed E-state index contributed by atoms with van der Waals surface area (Å²) in [5.41, 5.74) is 3.13. The molecule has 0 aliphatic carbocycles. The summed E-state index contributed by atoms with van der Waals surface area (Å²) >= 11 is 0. The molecule has 0 atom stereocenters. The van der Waals surface area contributed by atoms with Crippen LogP contribution in [0.25, 0.3) is 32.8 Å². The largest absolute Gasteiger partial charge is 0.512 e. The number of halogens is 1. The first-order chi connectivity index (χ1) is 16.7. The van der Waals surface area contributed by atoms with Crippen molar-refractivity contribution in [3.63, 3.8) is 0 Å². The number of ketones is 1. The first-order valence-corrected chi connectivity index (χ1v) is 12.1. The van der Waals surface area contributed by atoms with Crippen LogP contribution in [0.3, 0.4) is 0 Å². The molecule has 0 bridgehead atoms. The van der Waals surface area contributed by atoms with Gasteiger partial charge in [0.1, 0.15) is 11.6 Å². The van der Waals surface area contributed by atoms with E-state index in [0.29, 0.717) is 5.39 Å². The van der Waals surface area contributed by atoms with Gasteiger partial charge in [-0.15, -0.1) is 34.9 Å². The van der Waals surface area contributed by atoms with E-state index in [9.17, 15) is 14.3 Å². The van der Waals surface area contributed by atoms with Crippen LogP contribution in [0.2, 0.25) is 0 Å². The molecule has 1 heterocycles. The molecule has 1 radical (unpaired) electrons. The van der Waals surface area contributed by atoms with Gasteiger partial charge < -0.3 is 10.1 Å². The molecule has 197 valence electrons. The van der Waals surface area contributed by atoms with Crippen LogP contribution >= 0.6 is 0 Å². The molecule has 0 aliphatic rings. The fourth-order valence-corrected chi connectivity index (χ4v) is 3.78. The summed E-state index contributed by atoms with van der Waals surface area (Å²) in [5.74, 6) is -0.112. The van der Waals surface area contributed by atoms with Gasteiger partial charge in [0.25, 0.3) is 0 Å². The molecular weight excluding hydrogens is 642 g/mol. The molecule has 4 rings (SSSR count). The molecule has 1 N–H and O–H groups in total. The Kier molecular flexibility index (Phi) is 9.57. The third kappa shape index (κ3) is 7.34. The Labute approximate surface area is 233 Å². The molecule has 0 spiro atoms. The number of nitrogens with zero attached hydrogens (tertiary/aromatic N) is 1. The summed E-state index contributed by atoms with van der Waals surface area (Å²) in [5, 5.41) is 12.9. The summed E-state index contributed by atoms with van der Waals surface area (Å²) in [4.78, 5) is 16.0. The number of hydrogen-bond donors (Lipinski definition) is 1.